The molecule has 0 spiro atoms. The summed E-state index contributed by atoms with van der Waals surface area (Å²) >= 11 is 0. The highest BCUT2D eigenvalue weighted by Gasteiger charge is 2.12. The molecule has 0 aliphatic carbocycles. The summed E-state index contributed by atoms with van der Waals surface area (Å²) in [6.07, 6.45) is 1.18. The number of carbonyl (C=O) groups excluding carboxylic acids is 1. The molecule has 0 N–H and O–H groups in total. The van der Waals surface area contributed by atoms with Crippen molar-refractivity contribution in [3.63, 3.8) is 0 Å². The Morgan fingerprint density at radius 2 is 2.07 bits per heavy atom. The smallest absolute Gasteiger partial charge is 0.306 e. The Morgan fingerprint density at radius 3 is 2.67 bits per heavy atom. The zero-order valence-electron chi connectivity index (χ0n) is 9.62. The van der Waals surface area contributed by atoms with Crippen molar-refractivity contribution in [2.24, 2.45) is 0 Å². The van der Waals surface area contributed by atoms with E-state index in [1.54, 1.807) is 0 Å². The first kappa shape index (κ1) is 11.8. The molecule has 1 aromatic rings. The van der Waals surface area contributed by atoms with Gasteiger partial charge in [0, 0.05) is 6.42 Å². The highest BCUT2D eigenvalue weighted by Crippen LogP contribution is 2.20. The molecule has 1 atom stereocenters. The molecule has 2 heteroatoms. The molecule has 1 aromatic carbocycles. The van der Waals surface area contributed by atoms with E-state index in [-0.39, 0.29) is 12.1 Å². The van der Waals surface area contributed by atoms with E-state index in [0.29, 0.717) is 6.42 Å². The van der Waals surface area contributed by atoms with E-state index in [2.05, 4.69) is 0 Å². The molecule has 0 aliphatic rings. The predicted molar refractivity (Wildman–Crippen MR) is 60.6 cm³/mol. The highest BCUT2D eigenvalue weighted by molar-refractivity contribution is 5.69. The third-order valence-electron chi connectivity index (χ3n) is 2.39. The molecule has 15 heavy (non-hydrogen) atoms. The molecule has 0 amide bonds. The van der Waals surface area contributed by atoms with Crippen molar-refractivity contribution < 1.29 is 9.53 Å². The Kier molecular flexibility index (Phi) is 4.35. The number of hydrogen-bond acceptors (Lipinski definition) is 2. The normalized spacial score (nSPS) is 12.2. The SMILES string of the molecule is CCCC(=O)O[C@H](C)c1ccccc1C. The molecule has 0 aliphatic heterocycles. The van der Waals surface area contributed by atoms with Gasteiger partial charge in [0.25, 0.3) is 0 Å². The fourth-order valence-corrected chi connectivity index (χ4v) is 1.57. The lowest BCUT2D eigenvalue weighted by molar-refractivity contribution is -0.148. The molecule has 0 radical (unpaired) electrons. The van der Waals surface area contributed by atoms with Crippen molar-refractivity contribution in [2.45, 2.75) is 39.7 Å². The number of hydrogen-bond donors (Lipinski definition) is 0. The topological polar surface area (TPSA) is 26.3 Å². The molecule has 0 saturated heterocycles. The van der Waals surface area contributed by atoms with Crippen molar-refractivity contribution in [1.29, 1.82) is 0 Å². The van der Waals surface area contributed by atoms with Crippen molar-refractivity contribution in [3.05, 3.63) is 35.4 Å². The summed E-state index contributed by atoms with van der Waals surface area (Å²) < 4.78 is 5.32. The van der Waals surface area contributed by atoms with Crippen LogP contribution in [-0.4, -0.2) is 5.97 Å². The van der Waals surface area contributed by atoms with E-state index >= 15 is 0 Å². The van der Waals surface area contributed by atoms with Gasteiger partial charge in [-0.2, -0.15) is 0 Å². The van der Waals surface area contributed by atoms with Gasteiger partial charge in [-0.3, -0.25) is 4.79 Å². The standard InChI is InChI=1S/C13H18O2/c1-4-7-13(14)15-11(3)12-9-6-5-8-10(12)2/h5-6,8-9,11H,4,7H2,1-3H3/t11-/m1/s1. The number of esters is 1. The minimum atomic E-state index is -0.148. The van der Waals surface area contributed by atoms with Crippen molar-refractivity contribution in [2.75, 3.05) is 0 Å². The van der Waals surface area contributed by atoms with Crippen LogP contribution >= 0.6 is 0 Å². The minimum Gasteiger partial charge on any atom is -0.458 e. The number of carbonyl (C=O) groups is 1. The fraction of sp³-hybridized carbons (Fsp3) is 0.462. The number of rotatable bonds is 4. The first-order chi connectivity index (χ1) is 7.15. The maximum atomic E-state index is 11.3. The lowest BCUT2D eigenvalue weighted by atomic mass is 10.0. The molecule has 0 saturated carbocycles. The lowest BCUT2D eigenvalue weighted by Gasteiger charge is -2.15. The summed E-state index contributed by atoms with van der Waals surface area (Å²) in [6.45, 7) is 5.91. The summed E-state index contributed by atoms with van der Waals surface area (Å²) in [5, 5.41) is 0. The van der Waals surface area contributed by atoms with Crippen LogP contribution < -0.4 is 0 Å². The predicted octanol–water partition coefficient (Wildman–Crippen LogP) is 3.40. The van der Waals surface area contributed by atoms with E-state index in [9.17, 15) is 4.79 Å². The molecular weight excluding hydrogens is 188 g/mol. The maximum absolute atomic E-state index is 11.3. The average Bonchev–Trinajstić information content (AvgIpc) is 2.18. The van der Waals surface area contributed by atoms with E-state index in [0.717, 1.165) is 17.5 Å². The monoisotopic (exact) mass is 206 g/mol. The third kappa shape index (κ3) is 3.39. The van der Waals surface area contributed by atoms with Gasteiger partial charge >= 0.3 is 5.97 Å². The molecule has 0 unspecified atom stereocenters. The van der Waals surface area contributed by atoms with Gasteiger partial charge in [-0.25, -0.2) is 0 Å². The second-order valence-corrected chi connectivity index (χ2v) is 3.74. The van der Waals surface area contributed by atoms with Gasteiger partial charge in [-0.1, -0.05) is 31.2 Å². The Bertz CT molecular complexity index is 331. The second-order valence-electron chi connectivity index (χ2n) is 3.74. The molecule has 0 heterocycles. The molecule has 1 rings (SSSR count). The maximum Gasteiger partial charge on any atom is 0.306 e. The molecule has 82 valence electrons. The fourth-order valence-electron chi connectivity index (χ4n) is 1.57. The Balaban J connectivity index is 2.65. The van der Waals surface area contributed by atoms with Crippen LogP contribution in [0.4, 0.5) is 0 Å². The third-order valence-corrected chi connectivity index (χ3v) is 2.39. The number of benzene rings is 1. The van der Waals surface area contributed by atoms with Gasteiger partial charge in [0.1, 0.15) is 6.10 Å². The van der Waals surface area contributed by atoms with Crippen LogP contribution in [0.5, 0.6) is 0 Å². The quantitative estimate of drug-likeness (QED) is 0.706. The zero-order valence-corrected chi connectivity index (χ0v) is 9.62. The van der Waals surface area contributed by atoms with Crippen molar-refractivity contribution >= 4 is 5.97 Å². The van der Waals surface area contributed by atoms with Gasteiger partial charge in [-0.15, -0.1) is 0 Å². The number of aryl methyl sites for hydroxylation is 1. The van der Waals surface area contributed by atoms with Gasteiger partial charge in [0.15, 0.2) is 0 Å². The number of ether oxygens (including phenoxy) is 1. The van der Waals surface area contributed by atoms with Crippen LogP contribution in [0, 0.1) is 6.92 Å². The Morgan fingerprint density at radius 1 is 1.40 bits per heavy atom. The average molecular weight is 206 g/mol. The van der Waals surface area contributed by atoms with Gasteiger partial charge in [0.05, 0.1) is 0 Å². The molecular formula is C13H18O2. The van der Waals surface area contributed by atoms with Crippen LogP contribution in [0.15, 0.2) is 24.3 Å². The molecule has 0 bridgehead atoms. The Hall–Kier alpha value is -1.31. The van der Waals surface area contributed by atoms with E-state index in [1.807, 2.05) is 45.0 Å². The van der Waals surface area contributed by atoms with E-state index < -0.39 is 0 Å². The van der Waals surface area contributed by atoms with Crippen LogP contribution in [0.1, 0.15) is 43.9 Å². The van der Waals surface area contributed by atoms with Crippen LogP contribution in [0.3, 0.4) is 0 Å². The van der Waals surface area contributed by atoms with Crippen LogP contribution in [0.25, 0.3) is 0 Å². The summed E-state index contributed by atoms with van der Waals surface area (Å²) in [5.41, 5.74) is 2.25. The van der Waals surface area contributed by atoms with Gasteiger partial charge < -0.3 is 4.74 Å². The molecule has 2 nitrogen and oxygen atoms in total. The first-order valence-corrected chi connectivity index (χ1v) is 5.40. The summed E-state index contributed by atoms with van der Waals surface area (Å²) in [6, 6.07) is 7.98. The zero-order chi connectivity index (χ0) is 11.3. The Labute approximate surface area is 91.3 Å². The molecule has 0 aromatic heterocycles. The minimum absolute atomic E-state index is 0.117. The van der Waals surface area contributed by atoms with Gasteiger partial charge in [-0.05, 0) is 31.4 Å². The largest absolute Gasteiger partial charge is 0.458 e. The van der Waals surface area contributed by atoms with E-state index in [1.165, 1.54) is 0 Å². The van der Waals surface area contributed by atoms with Crippen LogP contribution in [0.2, 0.25) is 0 Å². The summed E-state index contributed by atoms with van der Waals surface area (Å²) in [4.78, 5) is 11.3. The van der Waals surface area contributed by atoms with Crippen LogP contribution in [-0.2, 0) is 9.53 Å². The second kappa shape index (κ2) is 5.54. The summed E-state index contributed by atoms with van der Waals surface area (Å²) in [7, 11) is 0. The first-order valence-electron chi connectivity index (χ1n) is 5.40. The van der Waals surface area contributed by atoms with Gasteiger partial charge in [0.2, 0.25) is 0 Å². The van der Waals surface area contributed by atoms with Crippen molar-refractivity contribution in [3.8, 4) is 0 Å². The van der Waals surface area contributed by atoms with Crippen molar-refractivity contribution in [1.82, 2.24) is 0 Å². The summed E-state index contributed by atoms with van der Waals surface area (Å²) in [5.74, 6) is -0.117. The molecule has 0 fully saturated rings. The lowest BCUT2D eigenvalue weighted by Crippen LogP contribution is -2.09. The van der Waals surface area contributed by atoms with E-state index in [4.69, 9.17) is 4.74 Å². The highest BCUT2D eigenvalue weighted by atomic mass is 16.5.